The van der Waals surface area contributed by atoms with E-state index in [1.165, 1.54) is 46.8 Å². The van der Waals surface area contributed by atoms with Gasteiger partial charge in [-0.25, -0.2) is 22.3 Å². The summed E-state index contributed by atoms with van der Waals surface area (Å²) in [6.45, 7) is 2.71. The van der Waals surface area contributed by atoms with Gasteiger partial charge in [-0.3, -0.25) is 9.52 Å². The Bertz CT molecular complexity index is 1550. The minimum absolute atomic E-state index is 0.0886. The Labute approximate surface area is 221 Å². The highest BCUT2D eigenvalue weighted by Gasteiger charge is 2.27. The summed E-state index contributed by atoms with van der Waals surface area (Å²) in [4.78, 5) is 12.8. The van der Waals surface area contributed by atoms with Crippen molar-refractivity contribution < 1.29 is 21.6 Å². The van der Waals surface area contributed by atoms with Crippen LogP contribution < -0.4 is 10.1 Å². The molecule has 2 N–H and O–H groups in total. The topological polar surface area (TPSA) is 125 Å². The molecule has 37 heavy (non-hydrogen) atoms. The van der Waals surface area contributed by atoms with Crippen molar-refractivity contribution in [2.24, 2.45) is 5.10 Å². The molecule has 0 bridgehead atoms. The van der Waals surface area contributed by atoms with Crippen molar-refractivity contribution in [3.05, 3.63) is 88.9 Å². The number of para-hydroxylation sites is 1. The molecule has 3 aromatic carbocycles. The fraction of sp³-hybridized carbons (Fsp3) is 0.200. The number of rotatable bonds is 8. The third kappa shape index (κ3) is 6.19. The summed E-state index contributed by atoms with van der Waals surface area (Å²) >= 11 is 6.04. The molecule has 9 nitrogen and oxygen atoms in total. The number of carbonyl (C=O) groups is 1. The third-order valence-corrected chi connectivity index (χ3v) is 9.43. The Hall–Kier alpha value is -3.25. The maximum atomic E-state index is 12.8. The Morgan fingerprint density at radius 1 is 0.865 bits per heavy atom. The molecule has 1 aliphatic rings. The molecule has 0 radical (unpaired) electrons. The van der Waals surface area contributed by atoms with Gasteiger partial charge in [-0.1, -0.05) is 41.9 Å². The quantitative estimate of drug-likeness (QED) is 0.317. The van der Waals surface area contributed by atoms with Crippen LogP contribution in [0.25, 0.3) is 0 Å². The number of carbonyl (C=O) groups excluding carboxylic acids is 1. The molecule has 0 aromatic heterocycles. The molecular formula is C25H25ClN4O5S2. The lowest BCUT2D eigenvalue weighted by atomic mass is 10.1. The first kappa shape index (κ1) is 26.8. The fourth-order valence-corrected chi connectivity index (χ4v) is 6.64. The maximum Gasteiger partial charge on any atom is 0.271 e. The number of hydrogen-bond donors (Lipinski definition) is 2. The number of sulfonamides is 2. The van der Waals surface area contributed by atoms with Crippen molar-refractivity contribution in [1.82, 2.24) is 9.73 Å². The van der Waals surface area contributed by atoms with E-state index in [9.17, 15) is 21.6 Å². The minimum Gasteiger partial charge on any atom is -0.278 e. The first-order valence-electron chi connectivity index (χ1n) is 11.4. The Balaban J connectivity index is 1.45. The summed E-state index contributed by atoms with van der Waals surface area (Å²) in [5, 5.41) is 4.33. The van der Waals surface area contributed by atoms with E-state index in [1.807, 2.05) is 0 Å². The molecule has 194 valence electrons. The van der Waals surface area contributed by atoms with Crippen LogP contribution in [-0.4, -0.2) is 45.8 Å². The molecule has 3 aromatic rings. The van der Waals surface area contributed by atoms with Crippen LogP contribution in [-0.2, 0) is 20.0 Å². The summed E-state index contributed by atoms with van der Waals surface area (Å²) < 4.78 is 54.8. The predicted molar refractivity (Wildman–Crippen MR) is 143 cm³/mol. The number of nitrogens with zero attached hydrogens (tertiary/aromatic N) is 2. The van der Waals surface area contributed by atoms with E-state index >= 15 is 0 Å². The average molecular weight is 561 g/mol. The zero-order valence-corrected chi connectivity index (χ0v) is 22.3. The molecular weight excluding hydrogens is 536 g/mol. The predicted octanol–water partition coefficient (Wildman–Crippen LogP) is 4.08. The van der Waals surface area contributed by atoms with Crippen LogP contribution in [0.15, 0.2) is 87.7 Å². The lowest BCUT2D eigenvalue weighted by Gasteiger charge is -2.15. The smallest absolute Gasteiger partial charge is 0.271 e. The van der Waals surface area contributed by atoms with Gasteiger partial charge in [0.25, 0.3) is 15.9 Å². The van der Waals surface area contributed by atoms with Gasteiger partial charge in [-0.2, -0.15) is 9.41 Å². The van der Waals surface area contributed by atoms with E-state index in [4.69, 9.17) is 11.6 Å². The van der Waals surface area contributed by atoms with Crippen LogP contribution >= 0.6 is 11.6 Å². The van der Waals surface area contributed by atoms with E-state index < -0.39 is 26.0 Å². The molecule has 0 unspecified atom stereocenters. The molecule has 1 heterocycles. The molecule has 0 saturated carbocycles. The van der Waals surface area contributed by atoms with E-state index in [0.29, 0.717) is 24.4 Å². The lowest BCUT2D eigenvalue weighted by Crippen LogP contribution is -2.27. The van der Waals surface area contributed by atoms with E-state index in [1.54, 1.807) is 37.3 Å². The molecule has 1 fully saturated rings. The monoisotopic (exact) mass is 560 g/mol. The molecule has 12 heteroatoms. The zero-order chi connectivity index (χ0) is 26.6. The highest BCUT2D eigenvalue weighted by Crippen LogP contribution is 2.24. The largest absolute Gasteiger partial charge is 0.278 e. The van der Waals surface area contributed by atoms with Crippen molar-refractivity contribution in [2.75, 3.05) is 17.8 Å². The second-order valence-electron chi connectivity index (χ2n) is 8.39. The van der Waals surface area contributed by atoms with Gasteiger partial charge in [-0.05, 0) is 67.8 Å². The van der Waals surface area contributed by atoms with E-state index in [2.05, 4.69) is 15.2 Å². The maximum absolute atomic E-state index is 12.8. The minimum atomic E-state index is -3.99. The van der Waals surface area contributed by atoms with Gasteiger partial charge in [-0.15, -0.1) is 0 Å². The van der Waals surface area contributed by atoms with Gasteiger partial charge in [0.1, 0.15) is 0 Å². The van der Waals surface area contributed by atoms with Gasteiger partial charge < -0.3 is 0 Å². The van der Waals surface area contributed by atoms with Gasteiger partial charge >= 0.3 is 0 Å². The van der Waals surface area contributed by atoms with Crippen LogP contribution in [0, 0.1) is 0 Å². The fourth-order valence-electron chi connectivity index (χ4n) is 3.76. The number of halogens is 1. The second-order valence-corrected chi connectivity index (χ2v) is 12.4. The summed E-state index contributed by atoms with van der Waals surface area (Å²) in [6.07, 6.45) is 1.71. The number of anilines is 1. The van der Waals surface area contributed by atoms with Crippen LogP contribution in [0.2, 0.25) is 5.02 Å². The SMILES string of the molecule is CC(=NNC(=O)c1cccc(S(=O)(=O)Nc2ccccc2Cl)c1)c1ccc(S(=O)(=O)N2CCCC2)cc1. The van der Waals surface area contributed by atoms with Gasteiger partial charge in [0.05, 0.1) is 26.2 Å². The number of hydrazone groups is 1. The van der Waals surface area contributed by atoms with Gasteiger partial charge in [0, 0.05) is 18.7 Å². The van der Waals surface area contributed by atoms with Crippen molar-refractivity contribution in [2.45, 2.75) is 29.6 Å². The number of amides is 1. The Morgan fingerprint density at radius 3 is 2.22 bits per heavy atom. The van der Waals surface area contributed by atoms with Crippen molar-refractivity contribution in [3.63, 3.8) is 0 Å². The van der Waals surface area contributed by atoms with E-state index in [0.717, 1.165) is 12.8 Å². The van der Waals surface area contributed by atoms with Crippen molar-refractivity contribution >= 4 is 49.0 Å². The second kappa shape index (κ2) is 11.0. The van der Waals surface area contributed by atoms with Crippen LogP contribution in [0.4, 0.5) is 5.69 Å². The Kier molecular flexibility index (Phi) is 7.98. The first-order valence-corrected chi connectivity index (χ1v) is 14.7. The number of nitrogens with one attached hydrogen (secondary N) is 2. The highest BCUT2D eigenvalue weighted by atomic mass is 35.5. The number of benzene rings is 3. The summed E-state index contributed by atoms with van der Waals surface area (Å²) in [5.41, 5.74) is 3.79. The van der Waals surface area contributed by atoms with Gasteiger partial charge in [0.15, 0.2) is 0 Å². The van der Waals surface area contributed by atoms with Gasteiger partial charge in [0.2, 0.25) is 10.0 Å². The third-order valence-electron chi connectivity index (χ3n) is 5.82. The molecule has 0 spiro atoms. The van der Waals surface area contributed by atoms with Crippen molar-refractivity contribution in [1.29, 1.82) is 0 Å². The molecule has 0 atom stereocenters. The van der Waals surface area contributed by atoms with Crippen LogP contribution in [0.3, 0.4) is 0 Å². The first-order chi connectivity index (χ1) is 17.6. The summed E-state index contributed by atoms with van der Waals surface area (Å²) in [6, 6.07) is 18.2. The van der Waals surface area contributed by atoms with Crippen molar-refractivity contribution in [3.8, 4) is 0 Å². The zero-order valence-electron chi connectivity index (χ0n) is 19.9. The standard InChI is InChI=1S/C25H25ClN4O5S2/c1-18(19-11-13-21(14-12-19)37(34,35)30-15-4-5-16-30)27-28-25(31)20-7-6-8-22(17-20)36(32,33)29-24-10-3-2-9-23(24)26/h2-3,6-14,17,29H,4-5,15-16H2,1H3,(H,28,31). The molecule has 1 aliphatic heterocycles. The number of hydrogen-bond acceptors (Lipinski definition) is 6. The average Bonchev–Trinajstić information content (AvgIpc) is 3.45. The molecule has 1 saturated heterocycles. The molecule has 1 amide bonds. The van der Waals surface area contributed by atoms with Crippen LogP contribution in [0.1, 0.15) is 35.7 Å². The summed E-state index contributed by atoms with van der Waals surface area (Å²) in [7, 11) is -7.51. The Morgan fingerprint density at radius 2 is 1.54 bits per heavy atom. The highest BCUT2D eigenvalue weighted by molar-refractivity contribution is 7.92. The van der Waals surface area contributed by atoms with E-state index in [-0.39, 0.29) is 26.1 Å². The molecule has 0 aliphatic carbocycles. The lowest BCUT2D eigenvalue weighted by molar-refractivity contribution is 0.0954. The summed E-state index contributed by atoms with van der Waals surface area (Å²) in [5.74, 6) is -0.609. The molecule has 4 rings (SSSR count). The van der Waals surface area contributed by atoms with Crippen LogP contribution in [0.5, 0.6) is 0 Å². The normalized spacial score (nSPS) is 14.9.